The van der Waals surface area contributed by atoms with Crippen LogP contribution in [0.15, 0.2) is 30.3 Å². The van der Waals surface area contributed by atoms with Gasteiger partial charge in [-0.25, -0.2) is 0 Å². The van der Waals surface area contributed by atoms with Crippen LogP contribution in [0.5, 0.6) is 0 Å². The van der Waals surface area contributed by atoms with Crippen molar-refractivity contribution in [2.75, 3.05) is 13.1 Å². The van der Waals surface area contributed by atoms with E-state index in [1.165, 1.54) is 5.56 Å². The molecule has 2 aromatic rings. The zero-order valence-electron chi connectivity index (χ0n) is 12.0. The van der Waals surface area contributed by atoms with Crippen molar-refractivity contribution in [3.63, 3.8) is 0 Å². The summed E-state index contributed by atoms with van der Waals surface area (Å²) < 4.78 is 1.88. The Bertz CT molecular complexity index is 595. The van der Waals surface area contributed by atoms with Crippen LogP contribution in [-0.2, 0) is 19.2 Å². The Morgan fingerprint density at radius 3 is 2.65 bits per heavy atom. The molecule has 1 aromatic heterocycles. The van der Waals surface area contributed by atoms with E-state index in [1.54, 1.807) is 0 Å². The molecular formula is C15H20N4O. The van der Waals surface area contributed by atoms with Gasteiger partial charge in [0.1, 0.15) is 11.4 Å². The Balaban J connectivity index is 1.74. The van der Waals surface area contributed by atoms with Crippen molar-refractivity contribution in [2.24, 2.45) is 7.05 Å². The van der Waals surface area contributed by atoms with E-state index in [2.05, 4.69) is 27.2 Å². The fourth-order valence-electron chi connectivity index (χ4n) is 2.84. The van der Waals surface area contributed by atoms with Crippen LogP contribution in [0.4, 0.5) is 0 Å². The summed E-state index contributed by atoms with van der Waals surface area (Å²) in [7, 11) is 1.91. The van der Waals surface area contributed by atoms with Crippen LogP contribution in [0.2, 0.25) is 0 Å². The largest absolute Gasteiger partial charge is 0.380 e. The Kier molecular flexibility index (Phi) is 3.31. The van der Waals surface area contributed by atoms with Gasteiger partial charge in [0, 0.05) is 26.7 Å². The first-order valence-electron chi connectivity index (χ1n) is 6.94. The zero-order valence-corrected chi connectivity index (χ0v) is 12.0. The van der Waals surface area contributed by atoms with E-state index in [9.17, 15) is 5.11 Å². The van der Waals surface area contributed by atoms with E-state index in [0.29, 0.717) is 18.8 Å². The minimum Gasteiger partial charge on any atom is -0.380 e. The average Bonchev–Trinajstić information content (AvgIpc) is 2.97. The number of β-amino-alcohol motifs (C(OH)–C–C–N with tert-alkyl or cyclic N) is 1. The Labute approximate surface area is 118 Å². The molecule has 20 heavy (non-hydrogen) atoms. The minimum absolute atomic E-state index is 0.605. The maximum absolute atomic E-state index is 10.8. The van der Waals surface area contributed by atoms with Gasteiger partial charge in [-0.1, -0.05) is 30.3 Å². The topological polar surface area (TPSA) is 54.2 Å². The molecule has 1 saturated heterocycles. The standard InChI is InChI=1S/C15H20N4O/c1-12-16-17-14(18(12)2)15(20)8-9-19(11-15)10-13-6-4-3-5-7-13/h3-7,20H,8-11H2,1-2H3. The van der Waals surface area contributed by atoms with Gasteiger partial charge in [0.15, 0.2) is 5.82 Å². The van der Waals surface area contributed by atoms with Gasteiger partial charge in [0.05, 0.1) is 0 Å². The fourth-order valence-corrected chi connectivity index (χ4v) is 2.84. The van der Waals surface area contributed by atoms with Crippen LogP contribution in [0.3, 0.4) is 0 Å². The molecule has 1 aliphatic rings. The number of aryl methyl sites for hydroxylation is 1. The molecule has 0 bridgehead atoms. The summed E-state index contributed by atoms with van der Waals surface area (Å²) >= 11 is 0. The molecule has 0 saturated carbocycles. The molecule has 106 valence electrons. The van der Waals surface area contributed by atoms with Gasteiger partial charge in [-0.2, -0.15) is 0 Å². The SMILES string of the molecule is Cc1nnc(C2(O)CCN(Cc3ccccc3)C2)n1C. The third-order valence-electron chi connectivity index (χ3n) is 4.08. The Morgan fingerprint density at radius 1 is 1.25 bits per heavy atom. The molecule has 0 spiro atoms. The highest BCUT2D eigenvalue weighted by Gasteiger charge is 2.41. The number of nitrogens with zero attached hydrogens (tertiary/aromatic N) is 4. The second-order valence-corrected chi connectivity index (χ2v) is 5.61. The number of likely N-dealkylation sites (tertiary alicyclic amines) is 1. The van der Waals surface area contributed by atoms with E-state index < -0.39 is 5.60 Å². The van der Waals surface area contributed by atoms with Crippen LogP contribution in [-0.4, -0.2) is 37.9 Å². The van der Waals surface area contributed by atoms with Gasteiger partial charge in [0.2, 0.25) is 0 Å². The molecule has 1 unspecified atom stereocenters. The second-order valence-electron chi connectivity index (χ2n) is 5.61. The lowest BCUT2D eigenvalue weighted by atomic mass is 10.0. The van der Waals surface area contributed by atoms with Crippen LogP contribution in [0.1, 0.15) is 23.6 Å². The predicted molar refractivity (Wildman–Crippen MR) is 76.0 cm³/mol. The molecule has 5 nitrogen and oxygen atoms in total. The number of hydrogen-bond acceptors (Lipinski definition) is 4. The van der Waals surface area contributed by atoms with Crippen molar-refractivity contribution in [2.45, 2.75) is 25.5 Å². The molecule has 0 amide bonds. The molecule has 5 heteroatoms. The van der Waals surface area contributed by atoms with Gasteiger partial charge < -0.3 is 9.67 Å². The van der Waals surface area contributed by atoms with Gasteiger partial charge in [-0.15, -0.1) is 10.2 Å². The molecule has 2 heterocycles. The summed E-state index contributed by atoms with van der Waals surface area (Å²) in [6.45, 7) is 4.24. The van der Waals surface area contributed by atoms with Crippen molar-refractivity contribution < 1.29 is 5.11 Å². The quantitative estimate of drug-likeness (QED) is 0.912. The van der Waals surface area contributed by atoms with Crippen LogP contribution in [0, 0.1) is 6.92 Å². The smallest absolute Gasteiger partial charge is 0.166 e. The molecule has 0 aliphatic carbocycles. The Morgan fingerprint density at radius 2 is 2.00 bits per heavy atom. The van der Waals surface area contributed by atoms with Gasteiger partial charge in [0.25, 0.3) is 0 Å². The lowest BCUT2D eigenvalue weighted by Gasteiger charge is -2.22. The minimum atomic E-state index is -0.884. The van der Waals surface area contributed by atoms with E-state index in [4.69, 9.17) is 0 Å². The van der Waals surface area contributed by atoms with Gasteiger partial charge in [-0.05, 0) is 18.9 Å². The highest BCUT2D eigenvalue weighted by Crippen LogP contribution is 2.31. The predicted octanol–water partition coefficient (Wildman–Crippen LogP) is 1.22. The first kappa shape index (κ1) is 13.3. The number of benzene rings is 1. The Hall–Kier alpha value is -1.72. The normalized spacial score (nSPS) is 23.4. The van der Waals surface area contributed by atoms with Crippen molar-refractivity contribution in [1.82, 2.24) is 19.7 Å². The third kappa shape index (κ3) is 2.34. The van der Waals surface area contributed by atoms with Gasteiger partial charge in [-0.3, -0.25) is 4.90 Å². The van der Waals surface area contributed by atoms with E-state index >= 15 is 0 Å². The van der Waals surface area contributed by atoms with Crippen LogP contribution >= 0.6 is 0 Å². The summed E-state index contributed by atoms with van der Waals surface area (Å²) in [5, 5.41) is 19.0. The van der Waals surface area contributed by atoms with Crippen molar-refractivity contribution in [3.8, 4) is 0 Å². The number of rotatable bonds is 3. The lowest BCUT2D eigenvalue weighted by molar-refractivity contribution is 0.0332. The number of aromatic nitrogens is 3. The molecule has 1 aromatic carbocycles. The molecule has 1 fully saturated rings. The summed E-state index contributed by atoms with van der Waals surface area (Å²) in [5.41, 5.74) is 0.385. The number of hydrogen-bond donors (Lipinski definition) is 1. The summed E-state index contributed by atoms with van der Waals surface area (Å²) in [6, 6.07) is 10.3. The monoisotopic (exact) mass is 272 g/mol. The maximum Gasteiger partial charge on any atom is 0.166 e. The van der Waals surface area contributed by atoms with Crippen molar-refractivity contribution in [1.29, 1.82) is 0 Å². The van der Waals surface area contributed by atoms with E-state index in [1.807, 2.05) is 36.7 Å². The fraction of sp³-hybridized carbons (Fsp3) is 0.467. The van der Waals surface area contributed by atoms with Crippen LogP contribution < -0.4 is 0 Å². The molecule has 0 radical (unpaired) electrons. The van der Waals surface area contributed by atoms with Crippen LogP contribution in [0.25, 0.3) is 0 Å². The first-order valence-corrected chi connectivity index (χ1v) is 6.94. The second kappa shape index (κ2) is 5.00. The summed E-state index contributed by atoms with van der Waals surface area (Å²) in [4.78, 5) is 2.26. The summed E-state index contributed by atoms with van der Waals surface area (Å²) in [5.74, 6) is 1.50. The first-order chi connectivity index (χ1) is 9.58. The highest BCUT2D eigenvalue weighted by molar-refractivity contribution is 5.16. The molecule has 1 aliphatic heterocycles. The van der Waals surface area contributed by atoms with Crippen molar-refractivity contribution >= 4 is 0 Å². The van der Waals surface area contributed by atoms with Gasteiger partial charge >= 0.3 is 0 Å². The zero-order chi connectivity index (χ0) is 14.2. The third-order valence-corrected chi connectivity index (χ3v) is 4.08. The maximum atomic E-state index is 10.8. The molecular weight excluding hydrogens is 252 g/mol. The van der Waals surface area contributed by atoms with E-state index in [-0.39, 0.29) is 0 Å². The molecule has 3 rings (SSSR count). The lowest BCUT2D eigenvalue weighted by Crippen LogP contribution is -2.33. The molecule has 1 atom stereocenters. The number of aliphatic hydroxyl groups is 1. The summed E-state index contributed by atoms with van der Waals surface area (Å²) in [6.07, 6.45) is 0.700. The molecule has 1 N–H and O–H groups in total. The van der Waals surface area contributed by atoms with E-state index in [0.717, 1.165) is 18.9 Å². The van der Waals surface area contributed by atoms with Crippen molar-refractivity contribution in [3.05, 3.63) is 47.5 Å². The highest BCUT2D eigenvalue weighted by atomic mass is 16.3. The average molecular weight is 272 g/mol.